The number of hydrogen-bond donors (Lipinski definition) is 1. The average molecular weight is 240 g/mol. The highest BCUT2D eigenvalue weighted by Crippen LogP contribution is 1.95. The molecule has 0 bridgehead atoms. The van der Waals surface area contributed by atoms with Crippen molar-refractivity contribution >= 4 is 31.3 Å². The van der Waals surface area contributed by atoms with E-state index in [-0.39, 0.29) is 5.34 Å². The van der Waals surface area contributed by atoms with Gasteiger partial charge in [-0.25, -0.2) is 0 Å². The smallest absolute Gasteiger partial charge is 0.277 e. The summed E-state index contributed by atoms with van der Waals surface area (Å²) in [4.78, 5) is 0. The Hall–Kier alpha value is 0.0949. The van der Waals surface area contributed by atoms with Crippen molar-refractivity contribution in [2.24, 2.45) is 0 Å². The molecule has 84 valence electrons. The second-order valence-corrected chi connectivity index (χ2v) is 2.84. The van der Waals surface area contributed by atoms with Crippen LogP contribution in [0, 0.1) is 11.3 Å². The molecule has 0 unspecified atom stereocenters. The molecule has 0 spiro atoms. The van der Waals surface area contributed by atoms with Gasteiger partial charge in [0.15, 0.2) is 0 Å². The minimum absolute atomic E-state index is 0.194. The highest BCUT2D eigenvalue weighted by molar-refractivity contribution is 6.40. The number of alkyl halides is 2. The summed E-state index contributed by atoms with van der Waals surface area (Å²) in [5, 5.41) is 14.0. The Labute approximate surface area is 99.7 Å². The normalized spacial score (nSPS) is 6.07. The molecular weight excluding hydrogens is 220 g/mol. The van der Waals surface area contributed by atoms with Gasteiger partial charge in [-0.2, -0.15) is 5.26 Å². The number of unbranched alkanes of at least 4 members (excludes halogenated alkanes) is 3. The van der Waals surface area contributed by atoms with Crippen LogP contribution in [0.4, 0.5) is 0 Å². The Morgan fingerprint density at radius 1 is 1.14 bits per heavy atom. The zero-order chi connectivity index (χ0) is 12.2. The molecule has 0 amide bonds. The van der Waals surface area contributed by atoms with Gasteiger partial charge in [0, 0.05) is 6.92 Å². The Kier molecular flexibility index (Phi) is 87.4. The van der Waals surface area contributed by atoms with Gasteiger partial charge in [0.2, 0.25) is 0 Å². The highest BCUT2D eigenvalue weighted by Gasteiger charge is 1.75. The lowest BCUT2D eigenvalue weighted by molar-refractivity contribution is 0.629. The molecular formula is C9H20BCl2NO. The molecule has 5 heteroatoms. The monoisotopic (exact) mass is 239 g/mol. The second kappa shape index (κ2) is 51.6. The van der Waals surface area contributed by atoms with E-state index in [0.717, 1.165) is 0 Å². The quantitative estimate of drug-likeness (QED) is 0.465. The molecule has 0 fully saturated rings. The lowest BCUT2D eigenvalue weighted by atomic mass is 10.2. The fourth-order valence-electron chi connectivity index (χ4n) is 0.500. The first-order valence-electron chi connectivity index (χ1n) is 4.43. The molecule has 0 aliphatic carbocycles. The van der Waals surface area contributed by atoms with Crippen molar-refractivity contribution in [2.75, 3.05) is 5.34 Å². The summed E-state index contributed by atoms with van der Waals surface area (Å²) in [7, 11) is 3.50. The fraction of sp³-hybridized carbons (Fsp3) is 0.889. The molecule has 0 aromatic carbocycles. The van der Waals surface area contributed by atoms with Gasteiger partial charge in [0.05, 0.1) is 11.4 Å². The summed E-state index contributed by atoms with van der Waals surface area (Å²) in [6.45, 7) is 5.89. The number of nitrogens with zero attached hydrogens (tertiary/aromatic N) is 1. The molecule has 2 nitrogen and oxygen atoms in total. The average Bonchev–Trinajstić information content (AvgIpc) is 2.20. The van der Waals surface area contributed by atoms with Crippen LogP contribution in [0.5, 0.6) is 0 Å². The Morgan fingerprint density at radius 3 is 1.36 bits per heavy atom. The number of hydrogen-bond acceptors (Lipinski definition) is 2. The molecule has 1 N–H and O–H groups in total. The van der Waals surface area contributed by atoms with Crippen molar-refractivity contribution in [3.05, 3.63) is 0 Å². The molecule has 14 heavy (non-hydrogen) atoms. The molecule has 0 atom stereocenters. The standard InChI is InChI=1S/C6H14.C2H3N.CH2Cl2.BHO/c1-3-5-6-4-2;1-2-3;2-1-3;1-2/h3-6H2,1-2H3;1H3;1H2;2H. The van der Waals surface area contributed by atoms with E-state index >= 15 is 0 Å². The number of nitriles is 1. The molecule has 0 saturated heterocycles. The summed E-state index contributed by atoms with van der Waals surface area (Å²) in [6, 6.07) is 1.75. The predicted molar refractivity (Wildman–Crippen MR) is 65.6 cm³/mol. The highest BCUT2D eigenvalue weighted by atomic mass is 35.5. The second-order valence-electron chi connectivity index (χ2n) is 2.03. The zero-order valence-corrected chi connectivity index (χ0v) is 10.8. The van der Waals surface area contributed by atoms with Gasteiger partial charge in [-0.05, 0) is 0 Å². The minimum Gasteiger partial charge on any atom is -0.461 e. The maximum atomic E-state index is 7.32. The van der Waals surface area contributed by atoms with Crippen LogP contribution in [0.3, 0.4) is 0 Å². The first-order chi connectivity index (χ1) is 6.74. The maximum Gasteiger partial charge on any atom is 0.277 e. The van der Waals surface area contributed by atoms with Gasteiger partial charge < -0.3 is 5.02 Å². The maximum absolute atomic E-state index is 7.32. The van der Waals surface area contributed by atoms with Gasteiger partial charge in [-0.1, -0.05) is 39.5 Å². The van der Waals surface area contributed by atoms with Crippen LogP contribution in [0.15, 0.2) is 0 Å². The van der Waals surface area contributed by atoms with Crippen LogP contribution in [-0.2, 0) is 0 Å². The van der Waals surface area contributed by atoms with Crippen LogP contribution in [0.1, 0.15) is 46.5 Å². The van der Waals surface area contributed by atoms with E-state index < -0.39 is 0 Å². The van der Waals surface area contributed by atoms with Gasteiger partial charge in [0.25, 0.3) is 8.05 Å². The van der Waals surface area contributed by atoms with E-state index in [9.17, 15) is 0 Å². The molecule has 0 heterocycles. The molecule has 0 aliphatic rings. The minimum atomic E-state index is 0.194. The van der Waals surface area contributed by atoms with E-state index in [2.05, 4.69) is 21.9 Å². The molecule has 0 saturated carbocycles. The van der Waals surface area contributed by atoms with E-state index in [1.165, 1.54) is 32.6 Å². The van der Waals surface area contributed by atoms with Crippen LogP contribution < -0.4 is 0 Å². The van der Waals surface area contributed by atoms with Crippen molar-refractivity contribution in [2.45, 2.75) is 46.5 Å². The third-order valence-corrected chi connectivity index (χ3v) is 0.957. The van der Waals surface area contributed by atoms with E-state index in [0.29, 0.717) is 0 Å². The molecule has 0 rings (SSSR count). The SMILES string of the molecule is CC#N.CCCCCC.ClCCl.[B]O. The molecule has 0 aromatic rings. The van der Waals surface area contributed by atoms with Crippen LogP contribution in [-0.4, -0.2) is 18.4 Å². The summed E-state index contributed by atoms with van der Waals surface area (Å²) in [5.41, 5.74) is 0. The van der Waals surface area contributed by atoms with E-state index in [1.54, 1.807) is 6.07 Å². The van der Waals surface area contributed by atoms with Crippen molar-refractivity contribution < 1.29 is 5.02 Å². The van der Waals surface area contributed by atoms with Gasteiger partial charge in [-0.3, -0.25) is 0 Å². The van der Waals surface area contributed by atoms with Crippen molar-refractivity contribution in [3.8, 4) is 6.07 Å². The number of halogens is 2. The van der Waals surface area contributed by atoms with Crippen LogP contribution in [0.2, 0.25) is 0 Å². The van der Waals surface area contributed by atoms with Crippen molar-refractivity contribution in [1.82, 2.24) is 0 Å². The fourth-order valence-corrected chi connectivity index (χ4v) is 0.500. The summed E-state index contributed by atoms with van der Waals surface area (Å²) >= 11 is 9.53. The third kappa shape index (κ3) is 155. The topological polar surface area (TPSA) is 44.0 Å². The van der Waals surface area contributed by atoms with E-state index in [1.807, 2.05) is 0 Å². The van der Waals surface area contributed by atoms with E-state index in [4.69, 9.17) is 33.5 Å². The summed E-state index contributed by atoms with van der Waals surface area (Å²) in [5.74, 6) is 0. The Morgan fingerprint density at radius 2 is 1.29 bits per heavy atom. The Balaban J connectivity index is -0.0000000536. The largest absolute Gasteiger partial charge is 0.461 e. The van der Waals surface area contributed by atoms with Gasteiger partial charge in [-0.15, -0.1) is 23.2 Å². The lowest BCUT2D eigenvalue weighted by Gasteiger charge is -1.86. The van der Waals surface area contributed by atoms with Gasteiger partial charge in [0.1, 0.15) is 0 Å². The van der Waals surface area contributed by atoms with Crippen LogP contribution >= 0.6 is 23.2 Å². The summed E-state index contributed by atoms with van der Waals surface area (Å²) in [6.07, 6.45) is 5.54. The first kappa shape index (κ1) is 23.7. The zero-order valence-electron chi connectivity index (χ0n) is 9.26. The predicted octanol–water partition coefficient (Wildman–Crippen LogP) is 3.60. The lowest BCUT2D eigenvalue weighted by Crippen LogP contribution is -1.66. The molecule has 2 radical (unpaired) electrons. The first-order valence-corrected chi connectivity index (χ1v) is 5.50. The molecule has 0 aromatic heterocycles. The van der Waals surface area contributed by atoms with Crippen molar-refractivity contribution in [1.29, 1.82) is 5.26 Å². The third-order valence-electron chi connectivity index (χ3n) is 0.957. The van der Waals surface area contributed by atoms with Crippen LogP contribution in [0.25, 0.3) is 0 Å². The number of rotatable bonds is 3. The van der Waals surface area contributed by atoms with Gasteiger partial charge >= 0.3 is 0 Å². The Bertz CT molecular complexity index is 85.4. The summed E-state index contributed by atoms with van der Waals surface area (Å²) < 4.78 is 0. The molecule has 0 aliphatic heterocycles. The van der Waals surface area contributed by atoms with Crippen molar-refractivity contribution in [3.63, 3.8) is 0 Å².